The Bertz CT molecular complexity index is 700. The largest absolute Gasteiger partial charge is 0.423 e. The number of halogens is 1. The molecule has 0 bridgehead atoms. The van der Waals surface area contributed by atoms with Crippen molar-refractivity contribution in [3.05, 3.63) is 36.4 Å². The van der Waals surface area contributed by atoms with Crippen LogP contribution in [-0.2, 0) is 0 Å². The fourth-order valence-corrected chi connectivity index (χ4v) is 2.39. The van der Waals surface area contributed by atoms with Gasteiger partial charge in [0.1, 0.15) is 0 Å². The van der Waals surface area contributed by atoms with Gasteiger partial charge in [0, 0.05) is 11.8 Å². The maximum absolute atomic E-state index is 13.6. The zero-order valence-electron chi connectivity index (χ0n) is 10.8. The van der Waals surface area contributed by atoms with Gasteiger partial charge in [0.05, 0.1) is 5.69 Å². The van der Waals surface area contributed by atoms with Crippen LogP contribution in [0.4, 0.5) is 10.1 Å². The lowest BCUT2D eigenvalue weighted by Crippen LogP contribution is -2.27. The third-order valence-electron chi connectivity index (χ3n) is 3.01. The van der Waals surface area contributed by atoms with Crippen LogP contribution in [0.1, 0.15) is 6.92 Å². The van der Waals surface area contributed by atoms with Gasteiger partial charge in [-0.15, -0.1) is 12.6 Å². The van der Waals surface area contributed by atoms with Crippen molar-refractivity contribution in [2.75, 3.05) is 0 Å². The molecule has 2 aromatic rings. The Kier molecular flexibility index (Phi) is 2.94. The van der Waals surface area contributed by atoms with Gasteiger partial charge in [-0.05, 0) is 42.1 Å². The molecular formula is C15H12FNO2S. The highest BCUT2D eigenvalue weighted by atomic mass is 32.1. The third kappa shape index (κ3) is 2.25. The van der Waals surface area contributed by atoms with Crippen LogP contribution < -0.4 is 9.47 Å². The zero-order valence-corrected chi connectivity index (χ0v) is 11.7. The van der Waals surface area contributed by atoms with Gasteiger partial charge >= 0.3 is 6.04 Å². The Morgan fingerprint density at radius 1 is 1.10 bits per heavy atom. The second-order valence-electron chi connectivity index (χ2n) is 4.56. The van der Waals surface area contributed by atoms with Crippen LogP contribution in [0.15, 0.2) is 46.3 Å². The van der Waals surface area contributed by atoms with Crippen LogP contribution >= 0.6 is 12.6 Å². The SMILES string of the molecule is C=Nc1ccc(-c2ccc3c(c2)OC(C)(F)O3)cc1S. The van der Waals surface area contributed by atoms with E-state index in [4.69, 9.17) is 9.47 Å². The topological polar surface area (TPSA) is 30.8 Å². The summed E-state index contributed by atoms with van der Waals surface area (Å²) in [6.45, 7) is 4.71. The third-order valence-corrected chi connectivity index (χ3v) is 3.37. The summed E-state index contributed by atoms with van der Waals surface area (Å²) in [6, 6.07) is 8.76. The predicted molar refractivity (Wildman–Crippen MR) is 79.1 cm³/mol. The van der Waals surface area contributed by atoms with Crippen LogP contribution in [-0.4, -0.2) is 12.8 Å². The molecule has 0 spiro atoms. The van der Waals surface area contributed by atoms with E-state index in [2.05, 4.69) is 24.3 Å². The van der Waals surface area contributed by atoms with Gasteiger partial charge in [-0.25, -0.2) is 0 Å². The molecule has 0 aliphatic carbocycles. The van der Waals surface area contributed by atoms with Gasteiger partial charge in [0.2, 0.25) is 0 Å². The number of hydrogen-bond donors (Lipinski definition) is 1. The van der Waals surface area contributed by atoms with E-state index in [0.717, 1.165) is 16.0 Å². The van der Waals surface area contributed by atoms with Crippen molar-refractivity contribution in [3.8, 4) is 22.6 Å². The monoisotopic (exact) mass is 289 g/mol. The highest BCUT2D eigenvalue weighted by molar-refractivity contribution is 7.80. The van der Waals surface area contributed by atoms with E-state index in [0.29, 0.717) is 17.2 Å². The second kappa shape index (κ2) is 4.52. The molecule has 0 aromatic heterocycles. The molecule has 1 aliphatic rings. The summed E-state index contributed by atoms with van der Waals surface area (Å²) in [5, 5.41) is 0. The van der Waals surface area contributed by atoms with Crippen LogP contribution in [0.2, 0.25) is 0 Å². The highest BCUT2D eigenvalue weighted by Gasteiger charge is 2.36. The van der Waals surface area contributed by atoms with Gasteiger partial charge in [0.15, 0.2) is 11.5 Å². The van der Waals surface area contributed by atoms with Crippen LogP contribution in [0.25, 0.3) is 11.1 Å². The van der Waals surface area contributed by atoms with Gasteiger partial charge in [0.25, 0.3) is 0 Å². The van der Waals surface area contributed by atoms with Crippen molar-refractivity contribution >= 4 is 25.0 Å². The van der Waals surface area contributed by atoms with Crippen molar-refractivity contribution in [2.24, 2.45) is 4.99 Å². The first kappa shape index (κ1) is 13.0. The van der Waals surface area contributed by atoms with E-state index in [1.165, 1.54) is 6.92 Å². The zero-order chi connectivity index (χ0) is 14.3. The van der Waals surface area contributed by atoms with E-state index in [9.17, 15) is 4.39 Å². The average molecular weight is 289 g/mol. The maximum atomic E-state index is 13.6. The Hall–Kier alpha value is -2.01. The lowest BCUT2D eigenvalue weighted by atomic mass is 10.0. The lowest BCUT2D eigenvalue weighted by Gasteiger charge is -2.10. The molecule has 3 rings (SSSR count). The fraction of sp³-hybridized carbons (Fsp3) is 0.133. The summed E-state index contributed by atoms with van der Waals surface area (Å²) >= 11 is 4.36. The first-order chi connectivity index (χ1) is 9.48. The summed E-state index contributed by atoms with van der Waals surface area (Å²) in [7, 11) is 0. The first-order valence-electron chi connectivity index (χ1n) is 5.99. The quantitative estimate of drug-likeness (QED) is 0.656. The summed E-state index contributed by atoms with van der Waals surface area (Å²) in [4.78, 5) is 4.59. The van der Waals surface area contributed by atoms with E-state index >= 15 is 0 Å². The van der Waals surface area contributed by atoms with E-state index < -0.39 is 6.04 Å². The molecule has 3 nitrogen and oxygen atoms in total. The second-order valence-corrected chi connectivity index (χ2v) is 5.04. The Morgan fingerprint density at radius 2 is 1.75 bits per heavy atom. The smallest absolute Gasteiger partial charge is 0.404 e. The summed E-state index contributed by atoms with van der Waals surface area (Å²) < 4.78 is 23.7. The number of hydrogen-bond acceptors (Lipinski definition) is 4. The molecule has 0 saturated heterocycles. The normalized spacial score (nSPS) is 19.9. The minimum absolute atomic E-state index is 0.388. The molecule has 1 aliphatic heterocycles. The number of aliphatic imine (C=N–C) groups is 1. The number of fused-ring (bicyclic) bond motifs is 1. The number of nitrogens with zero attached hydrogens (tertiary/aromatic N) is 1. The number of alkyl halides is 1. The number of thiol groups is 1. The van der Waals surface area contributed by atoms with Gasteiger partial charge in [-0.2, -0.15) is 4.39 Å². The van der Waals surface area contributed by atoms with Crippen molar-refractivity contribution in [1.29, 1.82) is 0 Å². The van der Waals surface area contributed by atoms with Crippen LogP contribution in [0.3, 0.4) is 0 Å². The molecule has 1 atom stereocenters. The van der Waals surface area contributed by atoms with Gasteiger partial charge in [-0.1, -0.05) is 12.1 Å². The Morgan fingerprint density at radius 3 is 2.45 bits per heavy atom. The molecule has 2 aromatic carbocycles. The summed E-state index contributed by atoms with van der Waals surface area (Å²) in [5.41, 5.74) is 2.53. The average Bonchev–Trinajstić information content (AvgIpc) is 2.71. The Labute approximate surface area is 121 Å². The highest BCUT2D eigenvalue weighted by Crippen LogP contribution is 2.42. The molecular weight excluding hydrogens is 277 g/mol. The molecule has 0 radical (unpaired) electrons. The fourth-order valence-electron chi connectivity index (χ4n) is 2.10. The molecule has 0 N–H and O–H groups in total. The predicted octanol–water partition coefficient (Wildman–Crippen LogP) is 4.39. The minimum atomic E-state index is -2.10. The van der Waals surface area contributed by atoms with Crippen molar-refractivity contribution in [3.63, 3.8) is 0 Å². The van der Waals surface area contributed by atoms with Crippen molar-refractivity contribution < 1.29 is 13.9 Å². The van der Waals surface area contributed by atoms with Crippen LogP contribution in [0, 0.1) is 0 Å². The molecule has 0 saturated carbocycles. The van der Waals surface area contributed by atoms with Crippen LogP contribution in [0.5, 0.6) is 11.5 Å². The molecule has 102 valence electrons. The number of rotatable bonds is 2. The number of ether oxygens (including phenoxy) is 2. The van der Waals surface area contributed by atoms with Crippen molar-refractivity contribution in [1.82, 2.24) is 0 Å². The molecule has 20 heavy (non-hydrogen) atoms. The van der Waals surface area contributed by atoms with Gasteiger partial charge in [-0.3, -0.25) is 4.99 Å². The molecule has 0 fully saturated rings. The Balaban J connectivity index is 2.01. The summed E-state index contributed by atoms with van der Waals surface area (Å²) in [5.74, 6) is 0.786. The number of benzene rings is 2. The first-order valence-corrected chi connectivity index (χ1v) is 6.44. The standard InChI is InChI=1S/C15H12FNO2S/c1-15(16)18-12-6-4-9(7-13(12)19-15)10-3-5-11(17-2)14(20)8-10/h3-8,20H,2H2,1H3. The maximum Gasteiger partial charge on any atom is 0.404 e. The molecule has 1 heterocycles. The van der Waals surface area contributed by atoms with E-state index in [1.807, 2.05) is 24.3 Å². The molecule has 0 amide bonds. The molecule has 5 heteroatoms. The molecule has 1 unspecified atom stereocenters. The summed E-state index contributed by atoms with van der Waals surface area (Å²) in [6.07, 6.45) is 0. The van der Waals surface area contributed by atoms with Gasteiger partial charge < -0.3 is 9.47 Å². The van der Waals surface area contributed by atoms with E-state index in [1.54, 1.807) is 12.1 Å². The lowest BCUT2D eigenvalue weighted by molar-refractivity contribution is -0.173. The van der Waals surface area contributed by atoms with E-state index in [-0.39, 0.29) is 0 Å². The van der Waals surface area contributed by atoms with Crippen molar-refractivity contribution in [2.45, 2.75) is 17.9 Å². The minimum Gasteiger partial charge on any atom is -0.423 e.